The van der Waals surface area contributed by atoms with Crippen molar-refractivity contribution in [3.8, 4) is 0 Å². The highest BCUT2D eigenvalue weighted by Crippen LogP contribution is 2.19. The van der Waals surface area contributed by atoms with Gasteiger partial charge in [0.15, 0.2) is 0 Å². The molecule has 1 atom stereocenters. The van der Waals surface area contributed by atoms with Crippen LogP contribution in [0.5, 0.6) is 0 Å². The Bertz CT molecular complexity index is 790. The number of aryl methyl sites for hydroxylation is 2. The van der Waals surface area contributed by atoms with Crippen molar-refractivity contribution in [3.63, 3.8) is 0 Å². The predicted molar refractivity (Wildman–Crippen MR) is 91.7 cm³/mol. The van der Waals surface area contributed by atoms with Gasteiger partial charge < -0.3 is 9.73 Å². The summed E-state index contributed by atoms with van der Waals surface area (Å²) in [6, 6.07) is 9.76. The fraction of sp³-hybridized carbons (Fsp3) is 0.312. The monoisotopic (exact) mass is 358 g/mol. The van der Waals surface area contributed by atoms with Crippen molar-refractivity contribution in [1.82, 2.24) is 30.3 Å². The third-order valence-corrected chi connectivity index (χ3v) is 4.30. The first kappa shape index (κ1) is 17.2. The van der Waals surface area contributed by atoms with E-state index >= 15 is 0 Å². The third kappa shape index (κ3) is 5.15. The normalized spacial score (nSPS) is 12.0. The van der Waals surface area contributed by atoms with Crippen LogP contribution in [0.25, 0.3) is 0 Å². The van der Waals surface area contributed by atoms with Crippen LogP contribution in [0, 0.1) is 6.92 Å². The molecule has 3 rings (SSSR count). The fourth-order valence-corrected chi connectivity index (χ4v) is 2.93. The summed E-state index contributed by atoms with van der Waals surface area (Å²) in [7, 11) is 0. The lowest BCUT2D eigenvalue weighted by Gasteiger charge is -2.19. The quantitative estimate of drug-likeness (QED) is 0.615. The predicted octanol–water partition coefficient (Wildman–Crippen LogP) is 2.01. The minimum atomic E-state index is -0.108. The molecule has 1 unspecified atom stereocenters. The van der Waals surface area contributed by atoms with Gasteiger partial charge in [0, 0.05) is 13.5 Å². The number of carbonyl (C=O) groups is 1. The van der Waals surface area contributed by atoms with Crippen LogP contribution in [-0.4, -0.2) is 36.6 Å². The maximum atomic E-state index is 12.3. The second-order valence-corrected chi connectivity index (χ2v) is 6.28. The van der Waals surface area contributed by atoms with Gasteiger partial charge in [-0.2, -0.15) is 5.10 Å². The number of benzene rings is 1. The zero-order valence-electron chi connectivity index (χ0n) is 13.7. The molecule has 0 aliphatic heterocycles. The van der Waals surface area contributed by atoms with Gasteiger partial charge >= 0.3 is 0 Å². The summed E-state index contributed by atoms with van der Waals surface area (Å²) in [6.45, 7) is 2.38. The molecule has 2 heterocycles. The van der Waals surface area contributed by atoms with Crippen molar-refractivity contribution >= 4 is 17.7 Å². The van der Waals surface area contributed by atoms with Crippen LogP contribution in [0.1, 0.15) is 23.9 Å². The second kappa shape index (κ2) is 8.43. The molecule has 2 aromatic heterocycles. The van der Waals surface area contributed by atoms with Gasteiger partial charge in [-0.1, -0.05) is 42.1 Å². The van der Waals surface area contributed by atoms with E-state index in [9.17, 15) is 4.79 Å². The van der Waals surface area contributed by atoms with Crippen molar-refractivity contribution in [2.75, 3.05) is 5.75 Å². The Balaban J connectivity index is 1.59. The summed E-state index contributed by atoms with van der Waals surface area (Å²) in [5.41, 5.74) is 1.05. The lowest BCUT2D eigenvalue weighted by Crippen LogP contribution is -2.30. The van der Waals surface area contributed by atoms with Gasteiger partial charge in [-0.3, -0.25) is 9.48 Å². The van der Waals surface area contributed by atoms with Crippen LogP contribution in [-0.2, 0) is 11.3 Å². The topological polar surface area (TPSA) is 98.7 Å². The van der Waals surface area contributed by atoms with Gasteiger partial charge in [0.1, 0.15) is 12.7 Å². The number of hydrogen-bond donors (Lipinski definition) is 1. The summed E-state index contributed by atoms with van der Waals surface area (Å²) >= 11 is 1.22. The SMILES string of the molecule is Cc1nnc(SCC(=O)NC(CCn2cncn2)c2ccccc2)o1. The van der Waals surface area contributed by atoms with E-state index in [2.05, 4.69) is 25.6 Å². The minimum absolute atomic E-state index is 0.0895. The number of thioether (sulfide) groups is 1. The van der Waals surface area contributed by atoms with Crippen molar-refractivity contribution in [2.24, 2.45) is 0 Å². The molecule has 1 N–H and O–H groups in total. The Kier molecular flexibility index (Phi) is 5.78. The maximum Gasteiger partial charge on any atom is 0.277 e. The second-order valence-electron chi connectivity index (χ2n) is 5.35. The van der Waals surface area contributed by atoms with Crippen LogP contribution >= 0.6 is 11.8 Å². The standard InChI is InChI=1S/C16H18N6O2S/c1-12-20-21-16(24-12)25-9-15(23)19-14(13-5-3-2-4-6-13)7-8-22-11-17-10-18-22/h2-6,10-11,14H,7-9H2,1H3,(H,19,23). The molecule has 0 fully saturated rings. The summed E-state index contributed by atoms with van der Waals surface area (Å²) in [6.07, 6.45) is 3.88. The summed E-state index contributed by atoms with van der Waals surface area (Å²) in [5.74, 6) is 0.611. The van der Waals surface area contributed by atoms with Gasteiger partial charge in [0.2, 0.25) is 11.8 Å². The van der Waals surface area contributed by atoms with Crippen LogP contribution < -0.4 is 5.32 Å². The van der Waals surface area contributed by atoms with Gasteiger partial charge in [0.05, 0.1) is 11.8 Å². The molecule has 0 aliphatic carbocycles. The number of rotatable bonds is 8. The van der Waals surface area contributed by atoms with Crippen molar-refractivity contribution < 1.29 is 9.21 Å². The van der Waals surface area contributed by atoms with Gasteiger partial charge in [-0.15, -0.1) is 10.2 Å². The molecule has 1 aromatic carbocycles. The highest BCUT2D eigenvalue weighted by Gasteiger charge is 2.16. The first-order valence-corrected chi connectivity index (χ1v) is 8.79. The van der Waals surface area contributed by atoms with Crippen molar-refractivity contribution in [3.05, 3.63) is 54.4 Å². The number of aromatic nitrogens is 5. The Morgan fingerprint density at radius 2 is 2.16 bits per heavy atom. The van der Waals surface area contributed by atoms with Crippen LogP contribution in [0.2, 0.25) is 0 Å². The van der Waals surface area contributed by atoms with Gasteiger partial charge in [-0.05, 0) is 12.0 Å². The lowest BCUT2D eigenvalue weighted by atomic mass is 10.0. The highest BCUT2D eigenvalue weighted by atomic mass is 32.2. The first-order chi connectivity index (χ1) is 12.2. The molecule has 9 heteroatoms. The fourth-order valence-electron chi connectivity index (χ4n) is 2.32. The molecule has 8 nitrogen and oxygen atoms in total. The average Bonchev–Trinajstić information content (AvgIpc) is 3.29. The molecular formula is C16H18N6O2S. The molecule has 25 heavy (non-hydrogen) atoms. The molecule has 0 spiro atoms. The number of hydrogen-bond acceptors (Lipinski definition) is 7. The Labute approximate surface area is 149 Å². The summed E-state index contributed by atoms with van der Waals surface area (Å²) in [5, 5.41) is 15.2. The molecule has 0 saturated carbocycles. The molecule has 0 aliphatic rings. The Hall–Kier alpha value is -2.68. The minimum Gasteiger partial charge on any atom is -0.416 e. The number of amides is 1. The van der Waals surface area contributed by atoms with Crippen molar-refractivity contribution in [1.29, 1.82) is 0 Å². The summed E-state index contributed by atoms with van der Waals surface area (Å²) < 4.78 is 7.01. The van der Waals surface area contributed by atoms with Crippen LogP contribution in [0.15, 0.2) is 52.6 Å². The zero-order chi connectivity index (χ0) is 17.5. The highest BCUT2D eigenvalue weighted by molar-refractivity contribution is 7.99. The lowest BCUT2D eigenvalue weighted by molar-refractivity contribution is -0.119. The zero-order valence-corrected chi connectivity index (χ0v) is 14.5. The molecule has 130 valence electrons. The molecule has 0 bridgehead atoms. The van der Waals surface area contributed by atoms with Crippen molar-refractivity contribution in [2.45, 2.75) is 31.2 Å². The average molecular weight is 358 g/mol. The smallest absolute Gasteiger partial charge is 0.277 e. The molecule has 0 radical (unpaired) electrons. The third-order valence-electron chi connectivity index (χ3n) is 3.48. The van der Waals surface area contributed by atoms with Crippen LogP contribution in [0.3, 0.4) is 0 Å². The van der Waals surface area contributed by atoms with Crippen LogP contribution in [0.4, 0.5) is 0 Å². The van der Waals surface area contributed by atoms with E-state index < -0.39 is 0 Å². The molecule has 0 saturated heterocycles. The Morgan fingerprint density at radius 3 is 2.84 bits per heavy atom. The number of nitrogens with one attached hydrogen (secondary N) is 1. The van der Waals surface area contributed by atoms with E-state index in [0.29, 0.717) is 24.1 Å². The van der Waals surface area contributed by atoms with E-state index in [0.717, 1.165) is 5.56 Å². The van der Waals surface area contributed by atoms with E-state index in [1.807, 2.05) is 30.3 Å². The molecule has 3 aromatic rings. The summed E-state index contributed by atoms with van der Waals surface area (Å²) in [4.78, 5) is 16.2. The van der Waals surface area contributed by atoms with E-state index in [4.69, 9.17) is 4.42 Å². The van der Waals surface area contributed by atoms with Gasteiger partial charge in [-0.25, -0.2) is 4.98 Å². The van der Waals surface area contributed by atoms with E-state index in [1.165, 1.54) is 18.1 Å². The number of nitrogens with zero attached hydrogens (tertiary/aromatic N) is 5. The van der Waals surface area contributed by atoms with Gasteiger partial charge in [0.25, 0.3) is 5.22 Å². The molecule has 1 amide bonds. The maximum absolute atomic E-state index is 12.3. The van der Waals surface area contributed by atoms with E-state index in [-0.39, 0.29) is 17.7 Å². The number of carbonyl (C=O) groups excluding carboxylic acids is 1. The molecular weight excluding hydrogens is 340 g/mol. The first-order valence-electron chi connectivity index (χ1n) is 7.80. The largest absolute Gasteiger partial charge is 0.416 e. The Morgan fingerprint density at radius 1 is 1.32 bits per heavy atom. The van der Waals surface area contributed by atoms with E-state index in [1.54, 1.807) is 17.9 Å².